The van der Waals surface area contributed by atoms with Crippen LogP contribution in [0.2, 0.25) is 0 Å². The number of Topliss-reactive ketones (excluding diaryl/α,β-unsaturated/α-hetero) is 1. The van der Waals surface area contributed by atoms with Crippen LogP contribution in [0.25, 0.3) is 0 Å². The number of alkyl halides is 2. The molecule has 0 aliphatic heterocycles. The first kappa shape index (κ1) is 21.4. The smallest absolute Gasteiger partial charge is 0.303 e. The molecule has 3 saturated carbocycles. The molecule has 0 radical (unpaired) electrons. The van der Waals surface area contributed by atoms with Crippen LogP contribution in [0.15, 0.2) is 11.6 Å². The minimum absolute atomic E-state index is 0.102. The highest BCUT2D eigenvalue weighted by Gasteiger charge is 2.74. The van der Waals surface area contributed by atoms with Gasteiger partial charge >= 0.3 is 5.97 Å². The van der Waals surface area contributed by atoms with Crippen molar-refractivity contribution in [3.05, 3.63) is 11.6 Å². The third-order valence-corrected chi connectivity index (χ3v) is 10.6. The van der Waals surface area contributed by atoms with Gasteiger partial charge in [-0.2, -0.15) is 0 Å². The number of rotatable bonds is 2. The van der Waals surface area contributed by atoms with E-state index >= 15 is 0 Å². The summed E-state index contributed by atoms with van der Waals surface area (Å²) in [5, 5.41) is -0.385. The van der Waals surface area contributed by atoms with E-state index in [1.54, 1.807) is 6.08 Å². The standard InChI is InChI=1S/C23H30Cl2O4/c1-13(26)22(29-14(2)27)10-8-17-18-6-5-15-11-16(28)7-9-20(15,3)23(18,25)19(24)12-21(17,22)4/h11,17-19H,5-10,12H2,1-4H3/t17?,18?,19?,20?,21?,22-,23-/m0/s1. The fraction of sp³-hybridized carbons (Fsp3) is 0.783. The van der Waals surface area contributed by atoms with Crippen LogP contribution in [0.5, 0.6) is 0 Å². The summed E-state index contributed by atoms with van der Waals surface area (Å²) in [5.74, 6) is -0.0990. The SMILES string of the molecule is CC(=O)O[C@]1(C(C)=O)CCC2C3CCC4=CC(=O)CCC4(C)[C@@]3(Cl)C(Cl)CC21C. The molecule has 6 heteroatoms. The van der Waals surface area contributed by atoms with Gasteiger partial charge < -0.3 is 4.74 Å². The Morgan fingerprint density at radius 2 is 1.79 bits per heavy atom. The van der Waals surface area contributed by atoms with Crippen LogP contribution in [0, 0.1) is 22.7 Å². The van der Waals surface area contributed by atoms with E-state index in [0.717, 1.165) is 24.8 Å². The molecular weight excluding hydrogens is 411 g/mol. The van der Waals surface area contributed by atoms with Crippen molar-refractivity contribution < 1.29 is 19.1 Å². The number of ketones is 2. The fourth-order valence-electron chi connectivity index (χ4n) is 7.56. The Kier molecular flexibility index (Phi) is 4.83. The third kappa shape index (κ3) is 2.54. The van der Waals surface area contributed by atoms with Crippen molar-refractivity contribution in [2.45, 2.75) is 88.5 Å². The Bertz CT molecular complexity index is 822. The van der Waals surface area contributed by atoms with Gasteiger partial charge in [-0.05, 0) is 63.4 Å². The number of ether oxygens (including phenoxy) is 1. The van der Waals surface area contributed by atoms with E-state index in [1.807, 2.05) is 0 Å². The average molecular weight is 441 g/mol. The molecule has 0 aromatic carbocycles. The Morgan fingerprint density at radius 3 is 2.41 bits per heavy atom. The molecule has 7 atom stereocenters. The second-order valence-corrected chi connectivity index (χ2v) is 11.2. The lowest BCUT2D eigenvalue weighted by Crippen LogP contribution is -2.68. The Hall–Kier alpha value is -0.870. The molecule has 4 aliphatic rings. The topological polar surface area (TPSA) is 60.4 Å². The second kappa shape index (κ2) is 6.56. The van der Waals surface area contributed by atoms with E-state index < -0.39 is 21.9 Å². The first-order valence-corrected chi connectivity index (χ1v) is 11.5. The van der Waals surface area contributed by atoms with Gasteiger partial charge in [0, 0.05) is 24.2 Å². The maximum Gasteiger partial charge on any atom is 0.303 e. The number of allylic oxidation sites excluding steroid dienone is 1. The van der Waals surface area contributed by atoms with Gasteiger partial charge in [-0.15, -0.1) is 23.2 Å². The van der Waals surface area contributed by atoms with E-state index in [1.165, 1.54) is 13.8 Å². The van der Waals surface area contributed by atoms with Crippen molar-refractivity contribution in [2.24, 2.45) is 22.7 Å². The molecule has 0 heterocycles. The summed E-state index contributed by atoms with van der Waals surface area (Å²) in [6, 6.07) is 0. The number of hydrogen-bond donors (Lipinski definition) is 0. The molecule has 0 amide bonds. The zero-order valence-corrected chi connectivity index (χ0v) is 19.2. The summed E-state index contributed by atoms with van der Waals surface area (Å²) in [5.41, 5.74) is -0.872. The van der Waals surface area contributed by atoms with Gasteiger partial charge in [-0.3, -0.25) is 14.4 Å². The molecule has 0 N–H and O–H groups in total. The predicted molar refractivity (Wildman–Crippen MR) is 112 cm³/mol. The number of fused-ring (bicyclic) bond motifs is 5. The molecule has 0 spiro atoms. The molecule has 160 valence electrons. The fourth-order valence-corrected chi connectivity index (χ4v) is 8.83. The van der Waals surface area contributed by atoms with Gasteiger partial charge in [0.1, 0.15) is 0 Å². The predicted octanol–water partition coefficient (Wildman–Crippen LogP) is 4.99. The lowest BCUT2D eigenvalue weighted by molar-refractivity contribution is -0.185. The van der Waals surface area contributed by atoms with Gasteiger partial charge in [-0.25, -0.2) is 0 Å². The Labute approximate surface area is 182 Å². The number of esters is 1. The lowest BCUT2D eigenvalue weighted by Gasteiger charge is -2.64. The van der Waals surface area contributed by atoms with E-state index in [0.29, 0.717) is 25.7 Å². The zero-order valence-electron chi connectivity index (χ0n) is 17.6. The van der Waals surface area contributed by atoms with Crippen molar-refractivity contribution in [1.29, 1.82) is 0 Å². The van der Waals surface area contributed by atoms with Crippen molar-refractivity contribution in [2.75, 3.05) is 0 Å². The molecule has 5 unspecified atom stereocenters. The molecule has 0 bridgehead atoms. The van der Waals surface area contributed by atoms with E-state index in [2.05, 4.69) is 13.8 Å². The highest BCUT2D eigenvalue weighted by Crippen LogP contribution is 2.72. The number of carbonyl (C=O) groups is 3. The molecule has 0 aromatic heterocycles. The van der Waals surface area contributed by atoms with Crippen molar-refractivity contribution in [1.82, 2.24) is 0 Å². The molecule has 4 nitrogen and oxygen atoms in total. The second-order valence-electron chi connectivity index (χ2n) is 10.1. The summed E-state index contributed by atoms with van der Waals surface area (Å²) in [7, 11) is 0. The maximum atomic E-state index is 12.8. The quantitative estimate of drug-likeness (QED) is 0.448. The molecule has 4 aliphatic carbocycles. The van der Waals surface area contributed by atoms with Gasteiger partial charge in [-0.1, -0.05) is 19.4 Å². The minimum Gasteiger partial charge on any atom is -0.451 e. The average Bonchev–Trinajstić information content (AvgIpc) is 2.90. The lowest BCUT2D eigenvalue weighted by atomic mass is 9.45. The summed E-state index contributed by atoms with van der Waals surface area (Å²) < 4.78 is 5.79. The summed E-state index contributed by atoms with van der Waals surface area (Å²) in [4.78, 5) is 36.2. The highest BCUT2D eigenvalue weighted by molar-refractivity contribution is 6.33. The summed E-state index contributed by atoms with van der Waals surface area (Å²) >= 11 is 14.6. The van der Waals surface area contributed by atoms with Crippen LogP contribution in [-0.2, 0) is 19.1 Å². The van der Waals surface area contributed by atoms with Gasteiger partial charge in [0.2, 0.25) is 0 Å². The van der Waals surface area contributed by atoms with Crippen LogP contribution in [-0.4, -0.2) is 33.4 Å². The van der Waals surface area contributed by atoms with Gasteiger partial charge in [0.15, 0.2) is 17.2 Å². The minimum atomic E-state index is -1.13. The van der Waals surface area contributed by atoms with Gasteiger partial charge in [0.05, 0.1) is 10.3 Å². The van der Waals surface area contributed by atoms with Crippen molar-refractivity contribution >= 4 is 40.7 Å². The van der Waals surface area contributed by atoms with E-state index in [9.17, 15) is 14.4 Å². The Balaban J connectivity index is 1.81. The monoisotopic (exact) mass is 440 g/mol. The highest BCUT2D eigenvalue weighted by atomic mass is 35.5. The molecule has 0 saturated heterocycles. The first-order chi connectivity index (χ1) is 13.4. The number of carbonyl (C=O) groups excluding carboxylic acids is 3. The normalized spacial score (nSPS) is 48.8. The van der Waals surface area contributed by atoms with Crippen LogP contribution in [0.4, 0.5) is 0 Å². The zero-order chi connectivity index (χ0) is 21.4. The van der Waals surface area contributed by atoms with Crippen LogP contribution < -0.4 is 0 Å². The third-order valence-electron chi connectivity index (χ3n) is 9.01. The van der Waals surface area contributed by atoms with Crippen LogP contribution in [0.1, 0.15) is 72.6 Å². The molecule has 3 fully saturated rings. The van der Waals surface area contributed by atoms with Crippen LogP contribution in [0.3, 0.4) is 0 Å². The molecular formula is C23H30Cl2O4. The molecule has 29 heavy (non-hydrogen) atoms. The largest absolute Gasteiger partial charge is 0.451 e. The molecule has 0 aromatic rings. The maximum absolute atomic E-state index is 12.8. The van der Waals surface area contributed by atoms with E-state index in [-0.39, 0.29) is 34.2 Å². The molecule has 4 rings (SSSR count). The summed E-state index contributed by atoms with van der Waals surface area (Å²) in [6.45, 7) is 7.13. The Morgan fingerprint density at radius 1 is 1.10 bits per heavy atom. The summed E-state index contributed by atoms with van der Waals surface area (Å²) in [6.07, 6.45) is 6.52. The van der Waals surface area contributed by atoms with Crippen molar-refractivity contribution in [3.8, 4) is 0 Å². The van der Waals surface area contributed by atoms with Crippen molar-refractivity contribution in [3.63, 3.8) is 0 Å². The first-order valence-electron chi connectivity index (χ1n) is 10.7. The number of halogens is 2. The van der Waals surface area contributed by atoms with Crippen LogP contribution >= 0.6 is 23.2 Å². The number of hydrogen-bond acceptors (Lipinski definition) is 4. The van der Waals surface area contributed by atoms with Gasteiger partial charge in [0.25, 0.3) is 0 Å². The van der Waals surface area contributed by atoms with E-state index in [4.69, 9.17) is 27.9 Å².